The van der Waals surface area contributed by atoms with Crippen molar-refractivity contribution < 1.29 is 14.6 Å². The Balaban J connectivity index is 2.28. The van der Waals surface area contributed by atoms with Crippen LogP contribution in [0.5, 0.6) is 0 Å². The molecule has 158 valence electrons. The maximum absolute atomic E-state index is 11.5. The Morgan fingerprint density at radius 2 is 1.97 bits per heavy atom. The van der Waals surface area contributed by atoms with Crippen LogP contribution < -0.4 is 0 Å². The maximum atomic E-state index is 11.5. The number of unbranched alkanes of at least 4 members (excludes halogenated alkanes) is 1. The molecule has 2 rings (SSSR count). The number of carbonyl (C=O) groups is 1. The zero-order chi connectivity index (χ0) is 21.3. The lowest BCUT2D eigenvalue weighted by molar-refractivity contribution is -0.131. The van der Waals surface area contributed by atoms with Gasteiger partial charge in [0.2, 0.25) is 0 Å². The van der Waals surface area contributed by atoms with E-state index < -0.39 is 14.0 Å². The Kier molecular flexibility index (Phi) is 8.86. The first-order chi connectivity index (χ1) is 13.8. The molecule has 0 atom stereocenters. The third kappa shape index (κ3) is 7.99. The van der Waals surface area contributed by atoms with E-state index in [0.717, 1.165) is 54.6 Å². The van der Waals surface area contributed by atoms with Gasteiger partial charge >= 0.3 is 5.97 Å². The van der Waals surface area contributed by atoms with Crippen molar-refractivity contribution in [3.63, 3.8) is 0 Å². The SMILES string of the molecule is CCCCc1ncc(C(=CC(=O)O)Cc2ccccc2)n1COCC[Si](C)(C)C. The number of aromatic nitrogens is 2. The number of ether oxygens (including phenoxy) is 1. The maximum Gasteiger partial charge on any atom is 0.328 e. The summed E-state index contributed by atoms with van der Waals surface area (Å²) in [5.41, 5.74) is 2.64. The van der Waals surface area contributed by atoms with Crippen LogP contribution in [0.25, 0.3) is 5.57 Å². The van der Waals surface area contributed by atoms with Crippen molar-refractivity contribution in [1.29, 1.82) is 0 Å². The molecule has 0 aliphatic carbocycles. The van der Waals surface area contributed by atoms with Gasteiger partial charge in [-0.3, -0.25) is 0 Å². The fraction of sp³-hybridized carbons (Fsp3) is 0.478. The normalized spacial score (nSPS) is 12.3. The summed E-state index contributed by atoms with van der Waals surface area (Å²) in [5.74, 6) is 0.0117. The molecule has 5 nitrogen and oxygen atoms in total. The molecule has 0 saturated heterocycles. The van der Waals surface area contributed by atoms with Crippen LogP contribution in [0.15, 0.2) is 42.6 Å². The number of nitrogens with zero attached hydrogens (tertiary/aromatic N) is 2. The predicted octanol–water partition coefficient (Wildman–Crippen LogP) is 5.25. The van der Waals surface area contributed by atoms with Crippen molar-refractivity contribution in [2.45, 2.75) is 65.0 Å². The smallest absolute Gasteiger partial charge is 0.328 e. The lowest BCUT2D eigenvalue weighted by atomic mass is 10.0. The van der Waals surface area contributed by atoms with E-state index in [1.165, 1.54) is 6.08 Å². The largest absolute Gasteiger partial charge is 0.478 e. The van der Waals surface area contributed by atoms with Crippen molar-refractivity contribution in [2.24, 2.45) is 0 Å². The standard InChI is InChI=1S/C23H34N2O3Si/c1-5-6-12-22-24-17-21(25(22)18-28-13-14-29(2,3)4)20(16-23(26)27)15-19-10-8-7-9-11-19/h7-11,16-17H,5-6,12-15,18H2,1-4H3,(H,26,27). The highest BCUT2D eigenvalue weighted by Gasteiger charge is 2.17. The highest BCUT2D eigenvalue weighted by molar-refractivity contribution is 6.76. The van der Waals surface area contributed by atoms with Gasteiger partial charge in [0.15, 0.2) is 0 Å². The van der Waals surface area contributed by atoms with E-state index in [1.807, 2.05) is 30.3 Å². The predicted molar refractivity (Wildman–Crippen MR) is 121 cm³/mol. The summed E-state index contributed by atoms with van der Waals surface area (Å²) in [6, 6.07) is 11.0. The molecule has 0 fully saturated rings. The molecule has 1 aromatic heterocycles. The number of benzene rings is 1. The zero-order valence-corrected chi connectivity index (χ0v) is 19.1. The monoisotopic (exact) mass is 414 g/mol. The summed E-state index contributed by atoms with van der Waals surface area (Å²) in [6.45, 7) is 10.3. The van der Waals surface area contributed by atoms with Gasteiger partial charge in [-0.05, 0) is 30.0 Å². The van der Waals surface area contributed by atoms with Crippen molar-refractivity contribution in [1.82, 2.24) is 9.55 Å². The molecule has 0 aliphatic rings. The summed E-state index contributed by atoms with van der Waals surface area (Å²) < 4.78 is 8.06. The molecular formula is C23H34N2O3Si. The second-order valence-corrected chi connectivity index (χ2v) is 14.2. The van der Waals surface area contributed by atoms with Gasteiger partial charge in [0.1, 0.15) is 12.6 Å². The Morgan fingerprint density at radius 1 is 1.24 bits per heavy atom. The molecule has 1 aromatic carbocycles. The fourth-order valence-electron chi connectivity index (χ4n) is 3.06. The average molecular weight is 415 g/mol. The van der Waals surface area contributed by atoms with Crippen LogP contribution in [0.4, 0.5) is 0 Å². The minimum Gasteiger partial charge on any atom is -0.478 e. The van der Waals surface area contributed by atoms with Crippen LogP contribution in [0.1, 0.15) is 36.8 Å². The lowest BCUT2D eigenvalue weighted by Crippen LogP contribution is -2.22. The van der Waals surface area contributed by atoms with Crippen LogP contribution in [0, 0.1) is 0 Å². The molecule has 0 amide bonds. The summed E-state index contributed by atoms with van der Waals surface area (Å²) >= 11 is 0. The number of aryl methyl sites for hydroxylation is 1. The van der Waals surface area contributed by atoms with Crippen LogP contribution in [0.2, 0.25) is 25.7 Å². The molecular weight excluding hydrogens is 380 g/mol. The fourth-order valence-corrected chi connectivity index (χ4v) is 3.82. The molecule has 0 saturated carbocycles. The second kappa shape index (κ2) is 11.1. The summed E-state index contributed by atoms with van der Waals surface area (Å²) in [5, 5.41) is 9.43. The van der Waals surface area contributed by atoms with Gasteiger partial charge in [0.25, 0.3) is 0 Å². The number of aliphatic carboxylic acids is 1. The third-order valence-electron chi connectivity index (χ3n) is 4.77. The van der Waals surface area contributed by atoms with E-state index in [0.29, 0.717) is 13.2 Å². The van der Waals surface area contributed by atoms with Gasteiger partial charge in [-0.2, -0.15) is 0 Å². The number of hydrogen-bond donors (Lipinski definition) is 1. The van der Waals surface area contributed by atoms with E-state index >= 15 is 0 Å². The second-order valence-electron chi connectivity index (χ2n) is 8.61. The van der Waals surface area contributed by atoms with Crippen LogP contribution >= 0.6 is 0 Å². The average Bonchev–Trinajstić information content (AvgIpc) is 3.05. The van der Waals surface area contributed by atoms with Gasteiger partial charge in [0.05, 0.1) is 11.9 Å². The summed E-state index contributed by atoms with van der Waals surface area (Å²) in [4.78, 5) is 16.1. The van der Waals surface area contributed by atoms with Crippen LogP contribution in [-0.2, 0) is 29.1 Å². The Labute approximate surface area is 175 Å². The van der Waals surface area contributed by atoms with Crippen LogP contribution in [-0.4, -0.2) is 35.3 Å². The van der Waals surface area contributed by atoms with Crippen molar-refractivity contribution in [3.8, 4) is 0 Å². The lowest BCUT2D eigenvalue weighted by Gasteiger charge is -2.18. The highest BCUT2D eigenvalue weighted by Crippen LogP contribution is 2.23. The first-order valence-corrected chi connectivity index (χ1v) is 14.1. The first kappa shape index (κ1) is 23.1. The Morgan fingerprint density at radius 3 is 2.59 bits per heavy atom. The molecule has 29 heavy (non-hydrogen) atoms. The number of imidazole rings is 1. The minimum absolute atomic E-state index is 0.407. The first-order valence-electron chi connectivity index (χ1n) is 10.4. The number of hydrogen-bond acceptors (Lipinski definition) is 3. The van der Waals surface area contributed by atoms with Gasteiger partial charge in [0, 0.05) is 27.2 Å². The number of allylic oxidation sites excluding steroid dienone is 1. The molecule has 0 aliphatic heterocycles. The van der Waals surface area contributed by atoms with E-state index in [4.69, 9.17) is 4.74 Å². The molecule has 6 heteroatoms. The molecule has 1 heterocycles. The highest BCUT2D eigenvalue weighted by atomic mass is 28.3. The van der Waals surface area contributed by atoms with Gasteiger partial charge in [-0.25, -0.2) is 9.78 Å². The van der Waals surface area contributed by atoms with E-state index in [9.17, 15) is 9.90 Å². The Hall–Kier alpha value is -2.18. The molecule has 0 radical (unpaired) electrons. The summed E-state index contributed by atoms with van der Waals surface area (Å²) in [7, 11) is -1.16. The van der Waals surface area contributed by atoms with E-state index in [2.05, 4.69) is 36.1 Å². The molecule has 0 spiro atoms. The number of carboxylic acids is 1. The minimum atomic E-state index is -1.16. The van der Waals surface area contributed by atoms with E-state index in [-0.39, 0.29) is 0 Å². The zero-order valence-electron chi connectivity index (χ0n) is 18.1. The van der Waals surface area contributed by atoms with Gasteiger partial charge in [-0.1, -0.05) is 63.3 Å². The number of rotatable bonds is 12. The van der Waals surface area contributed by atoms with Crippen molar-refractivity contribution >= 4 is 19.6 Å². The van der Waals surface area contributed by atoms with Crippen LogP contribution in [0.3, 0.4) is 0 Å². The molecule has 0 bridgehead atoms. The molecule has 2 aromatic rings. The topological polar surface area (TPSA) is 64.3 Å². The van der Waals surface area contributed by atoms with Crippen molar-refractivity contribution in [2.75, 3.05) is 6.61 Å². The van der Waals surface area contributed by atoms with Gasteiger partial charge in [-0.15, -0.1) is 0 Å². The number of carboxylic acid groups (broad SMARTS) is 1. The van der Waals surface area contributed by atoms with Crippen molar-refractivity contribution in [3.05, 3.63) is 59.7 Å². The quantitative estimate of drug-likeness (QED) is 0.293. The summed E-state index contributed by atoms with van der Waals surface area (Å²) in [6.07, 6.45) is 6.62. The van der Waals surface area contributed by atoms with Gasteiger partial charge < -0.3 is 14.4 Å². The molecule has 0 unspecified atom stereocenters. The Bertz CT molecular complexity index is 807. The van der Waals surface area contributed by atoms with E-state index in [1.54, 1.807) is 6.20 Å². The third-order valence-corrected chi connectivity index (χ3v) is 6.48. The molecule has 1 N–H and O–H groups in total.